The van der Waals surface area contributed by atoms with E-state index in [1.807, 2.05) is 6.92 Å². The maximum absolute atomic E-state index is 10.6. The van der Waals surface area contributed by atoms with Gasteiger partial charge in [0.1, 0.15) is 6.10 Å². The summed E-state index contributed by atoms with van der Waals surface area (Å²) in [5.41, 5.74) is -0.315. The number of ether oxygens (including phenoxy) is 1. The Bertz CT molecular complexity index is 690. The number of hydrogen-bond donors (Lipinski definition) is 3. The molecule has 0 saturated carbocycles. The Balaban J connectivity index is 0. The fraction of sp³-hybridized carbons (Fsp3) is 0.300. The Hall–Kier alpha value is -3.46. The van der Waals surface area contributed by atoms with Crippen LogP contribution >= 0.6 is 0 Å². The van der Waals surface area contributed by atoms with Gasteiger partial charge in [-0.2, -0.15) is 0 Å². The van der Waals surface area contributed by atoms with Crippen LogP contribution in [0.5, 0.6) is 0 Å². The maximum atomic E-state index is 10.6. The van der Waals surface area contributed by atoms with Gasteiger partial charge in [0, 0.05) is 11.6 Å². The number of carbonyl (C=O) groups excluding carboxylic acids is 2. The van der Waals surface area contributed by atoms with Crippen LogP contribution in [0.2, 0.25) is 0 Å². The molecule has 159 valence electrons. The van der Waals surface area contributed by atoms with E-state index >= 15 is 0 Å². The van der Waals surface area contributed by atoms with Crippen molar-refractivity contribution < 1.29 is 44.3 Å². The number of aliphatic hydroxyl groups is 1. The van der Waals surface area contributed by atoms with Crippen LogP contribution in [0.3, 0.4) is 0 Å². The molecule has 1 aromatic rings. The largest absolute Gasteiger partial charge is 0.478 e. The van der Waals surface area contributed by atoms with Gasteiger partial charge in [-0.3, -0.25) is 0 Å². The van der Waals surface area contributed by atoms with E-state index in [1.165, 1.54) is 31.2 Å². The molecule has 29 heavy (non-hydrogen) atoms. The highest BCUT2D eigenvalue weighted by Crippen LogP contribution is 2.08. The minimum atomic E-state index is -1.23. The monoisotopic (exact) mass is 409 g/mol. The first kappa shape index (κ1) is 27.8. The molecule has 0 fully saturated rings. The van der Waals surface area contributed by atoms with Crippen molar-refractivity contribution >= 4 is 23.9 Å². The van der Waals surface area contributed by atoms with Crippen LogP contribution in [0, 0.1) is 0 Å². The van der Waals surface area contributed by atoms with E-state index in [-0.39, 0.29) is 16.7 Å². The molecule has 1 rings (SSSR count). The Morgan fingerprint density at radius 3 is 1.69 bits per heavy atom. The molecular formula is C20H25O9. The van der Waals surface area contributed by atoms with E-state index < -0.39 is 36.1 Å². The Morgan fingerprint density at radius 2 is 1.48 bits per heavy atom. The molecule has 9 nitrogen and oxygen atoms in total. The maximum Gasteiger partial charge on any atom is 0.381 e. The molecule has 0 bridgehead atoms. The van der Waals surface area contributed by atoms with E-state index in [9.17, 15) is 24.3 Å². The number of aromatic carboxylic acids is 2. The van der Waals surface area contributed by atoms with Gasteiger partial charge >= 0.3 is 23.9 Å². The Morgan fingerprint density at radius 1 is 1.10 bits per heavy atom. The molecule has 1 aromatic carbocycles. The molecule has 0 saturated heterocycles. The zero-order chi connectivity index (χ0) is 23.1. The molecule has 2 unspecified atom stereocenters. The van der Waals surface area contributed by atoms with Crippen LogP contribution in [0.4, 0.5) is 0 Å². The summed E-state index contributed by atoms with van der Waals surface area (Å²) in [4.78, 5) is 41.0. The predicted octanol–water partition coefficient (Wildman–Crippen LogP) is 2.48. The SMILES string of the molecule is C=C(C)C([O])=O.C=CC(=O)OC(CC)C(C)O.O=C(O)c1ccccc1C(=O)O. The smallest absolute Gasteiger partial charge is 0.381 e. The quantitative estimate of drug-likeness (QED) is 0.457. The minimum absolute atomic E-state index is 0.0648. The zero-order valence-corrected chi connectivity index (χ0v) is 16.5. The van der Waals surface area contributed by atoms with Crippen molar-refractivity contribution in [3.8, 4) is 0 Å². The molecule has 0 aliphatic heterocycles. The second kappa shape index (κ2) is 14.6. The highest BCUT2D eigenvalue weighted by molar-refractivity contribution is 6.01. The molecule has 1 radical (unpaired) electrons. The minimum Gasteiger partial charge on any atom is -0.478 e. The highest BCUT2D eigenvalue weighted by Gasteiger charge is 2.15. The van der Waals surface area contributed by atoms with Gasteiger partial charge in [-0.25, -0.2) is 24.3 Å². The fourth-order valence-corrected chi connectivity index (χ4v) is 1.58. The first-order chi connectivity index (χ1) is 13.4. The number of hydrogen-bond acceptors (Lipinski definition) is 6. The Kier molecular flexibility index (Phi) is 14.0. The molecule has 0 aliphatic rings. The molecule has 0 spiro atoms. The van der Waals surface area contributed by atoms with E-state index in [1.54, 1.807) is 6.92 Å². The van der Waals surface area contributed by atoms with E-state index in [0.29, 0.717) is 6.42 Å². The van der Waals surface area contributed by atoms with Gasteiger partial charge < -0.3 is 20.1 Å². The van der Waals surface area contributed by atoms with E-state index in [2.05, 4.69) is 13.2 Å². The summed E-state index contributed by atoms with van der Waals surface area (Å²) < 4.78 is 4.80. The van der Waals surface area contributed by atoms with Crippen molar-refractivity contribution in [2.45, 2.75) is 39.4 Å². The highest BCUT2D eigenvalue weighted by atomic mass is 16.6. The van der Waals surface area contributed by atoms with Gasteiger partial charge in [0.25, 0.3) is 0 Å². The zero-order valence-electron chi connectivity index (χ0n) is 16.5. The van der Waals surface area contributed by atoms with Crippen molar-refractivity contribution in [1.29, 1.82) is 0 Å². The van der Waals surface area contributed by atoms with Gasteiger partial charge in [-0.05, 0) is 32.4 Å². The number of rotatable bonds is 7. The summed E-state index contributed by atoms with van der Waals surface area (Å²) in [6.45, 7) is 11.2. The summed E-state index contributed by atoms with van der Waals surface area (Å²) in [6, 6.07) is 5.48. The lowest BCUT2D eigenvalue weighted by Crippen LogP contribution is -2.27. The Labute approximate surface area is 168 Å². The first-order valence-corrected chi connectivity index (χ1v) is 8.32. The van der Waals surface area contributed by atoms with Crippen LogP contribution < -0.4 is 0 Å². The summed E-state index contributed by atoms with van der Waals surface area (Å²) in [5, 5.41) is 35.6. The van der Waals surface area contributed by atoms with E-state index in [0.717, 1.165) is 6.08 Å². The predicted molar refractivity (Wildman–Crippen MR) is 103 cm³/mol. The van der Waals surface area contributed by atoms with Crippen molar-refractivity contribution in [2.24, 2.45) is 0 Å². The van der Waals surface area contributed by atoms with Gasteiger partial charge in [-0.15, -0.1) is 0 Å². The average Bonchev–Trinajstić information content (AvgIpc) is 2.66. The third kappa shape index (κ3) is 12.5. The van der Waals surface area contributed by atoms with E-state index in [4.69, 9.17) is 20.1 Å². The third-order valence-electron chi connectivity index (χ3n) is 3.11. The van der Waals surface area contributed by atoms with Crippen molar-refractivity contribution in [2.75, 3.05) is 0 Å². The second-order valence-electron chi connectivity index (χ2n) is 5.55. The lowest BCUT2D eigenvalue weighted by atomic mass is 10.1. The van der Waals surface area contributed by atoms with Gasteiger partial charge in [-0.1, -0.05) is 32.2 Å². The molecule has 9 heteroatoms. The summed E-state index contributed by atoms with van der Waals surface area (Å²) in [6.07, 6.45) is 0.659. The second-order valence-corrected chi connectivity index (χ2v) is 5.55. The third-order valence-corrected chi connectivity index (χ3v) is 3.11. The molecule has 3 N–H and O–H groups in total. The van der Waals surface area contributed by atoms with Gasteiger partial charge in [0.05, 0.1) is 17.2 Å². The molecule has 0 aromatic heterocycles. The topological polar surface area (TPSA) is 158 Å². The van der Waals surface area contributed by atoms with Crippen LogP contribution in [-0.2, 0) is 19.4 Å². The van der Waals surface area contributed by atoms with Crippen LogP contribution in [-0.4, -0.2) is 51.4 Å². The van der Waals surface area contributed by atoms with Crippen molar-refractivity contribution in [3.63, 3.8) is 0 Å². The van der Waals surface area contributed by atoms with Gasteiger partial charge in [0.2, 0.25) is 0 Å². The summed E-state index contributed by atoms with van der Waals surface area (Å²) in [5.74, 6) is -4.13. The van der Waals surface area contributed by atoms with Crippen LogP contribution in [0.1, 0.15) is 47.9 Å². The van der Waals surface area contributed by atoms with Gasteiger partial charge in [0.15, 0.2) is 0 Å². The number of carbonyl (C=O) groups is 4. The normalized spacial score (nSPS) is 11.2. The lowest BCUT2D eigenvalue weighted by Gasteiger charge is -2.17. The number of carboxylic acids is 2. The molecule has 2 atom stereocenters. The number of carboxylic acid groups (broad SMARTS) is 2. The number of aliphatic hydroxyl groups excluding tert-OH is 1. The first-order valence-electron chi connectivity index (χ1n) is 8.32. The van der Waals surface area contributed by atoms with Crippen LogP contribution in [0.15, 0.2) is 49.1 Å². The molecular weight excluding hydrogens is 384 g/mol. The molecule has 0 heterocycles. The standard InChI is InChI=1S/C8H6O4.C8H14O3.C4H5O2/c9-7(10)5-3-1-2-4-6(5)8(11)12;1-4-7(6(3)9)11-8(10)5-2;1-3(2)4(5)6/h1-4H,(H,9,10)(H,11,12);5-7,9H,2,4H2,1,3H3;1H2,2H3. The average molecular weight is 409 g/mol. The number of esters is 1. The molecule has 0 aliphatic carbocycles. The summed E-state index contributed by atoms with van der Waals surface area (Å²) in [7, 11) is 0. The molecule has 0 amide bonds. The summed E-state index contributed by atoms with van der Waals surface area (Å²) >= 11 is 0. The number of benzene rings is 1. The lowest BCUT2D eigenvalue weighted by molar-refractivity contribution is -0.148. The fourth-order valence-electron chi connectivity index (χ4n) is 1.58. The van der Waals surface area contributed by atoms with Crippen molar-refractivity contribution in [3.05, 3.63) is 60.2 Å². The van der Waals surface area contributed by atoms with Crippen molar-refractivity contribution in [1.82, 2.24) is 0 Å². The van der Waals surface area contributed by atoms with Crippen LogP contribution in [0.25, 0.3) is 0 Å².